The van der Waals surface area contributed by atoms with Crippen molar-refractivity contribution in [1.29, 1.82) is 0 Å². The number of benzene rings is 4. The molecule has 4 rings (SSSR count). The topological polar surface area (TPSA) is 368 Å². The summed E-state index contributed by atoms with van der Waals surface area (Å²) in [7, 11) is -10.2. The zero-order valence-electron chi connectivity index (χ0n) is 33.4. The third-order valence-electron chi connectivity index (χ3n) is 9.42. The summed E-state index contributed by atoms with van der Waals surface area (Å²) in [6, 6.07) is 12.9. The molecule has 10 N–H and O–H groups in total. The smallest absolute Gasteiger partial charge is 0.317 e. The Balaban J connectivity index is 1.48. The van der Waals surface area contributed by atoms with Gasteiger partial charge in [0, 0.05) is 37.3 Å². The van der Waals surface area contributed by atoms with Crippen molar-refractivity contribution in [2.24, 2.45) is 10.2 Å². The summed E-state index contributed by atoms with van der Waals surface area (Å²) in [5.74, 6) is -5.23. The molecule has 0 radical (unpaired) electrons. The largest absolute Gasteiger partial charge is 0.505 e. The Morgan fingerprint density at radius 1 is 0.714 bits per heavy atom. The van der Waals surface area contributed by atoms with Crippen LogP contribution in [0.4, 0.5) is 22.7 Å². The number of carboxylic acids is 3. The highest BCUT2D eigenvalue weighted by atomic mass is 32.2. The third kappa shape index (κ3) is 13.3. The number of amides is 1. The van der Waals surface area contributed by atoms with Crippen LogP contribution >= 0.6 is 0 Å². The van der Waals surface area contributed by atoms with E-state index in [-0.39, 0.29) is 43.5 Å². The summed E-state index contributed by atoms with van der Waals surface area (Å²) in [6.45, 7) is 0.569. The molecular weight excluding hydrogens is 875 g/mol. The zero-order chi connectivity index (χ0) is 47.0. The van der Waals surface area contributed by atoms with Crippen molar-refractivity contribution in [3.8, 4) is 16.9 Å². The maximum Gasteiger partial charge on any atom is 0.317 e. The van der Waals surface area contributed by atoms with Crippen LogP contribution in [0.15, 0.2) is 74.6 Å². The molecule has 1 atom stereocenters. The number of carboxylic acid groups (broad SMARTS) is 3. The number of nitrogens with one attached hydrogen (secondary N) is 1. The highest BCUT2D eigenvalue weighted by Gasteiger charge is 2.27. The van der Waals surface area contributed by atoms with E-state index < -0.39 is 103 Å². The number of phenols is 1. The fraction of sp³-hybridized carbons (Fsp3) is 0.289. The predicted molar refractivity (Wildman–Crippen MR) is 223 cm³/mol. The van der Waals surface area contributed by atoms with E-state index in [9.17, 15) is 65.2 Å². The summed E-state index contributed by atoms with van der Waals surface area (Å²) in [5.41, 5.74) is 8.32. The summed E-state index contributed by atoms with van der Waals surface area (Å²) in [6.07, 6.45) is -1.48. The number of phenolic OH excluding ortho intramolecular Hbond substituents is 1. The van der Waals surface area contributed by atoms with Crippen LogP contribution in [0.1, 0.15) is 11.1 Å². The molecule has 0 saturated heterocycles. The molecule has 0 aliphatic carbocycles. The Morgan fingerprint density at radius 3 is 1.70 bits per heavy atom. The van der Waals surface area contributed by atoms with Gasteiger partial charge in [-0.05, 0) is 72.5 Å². The van der Waals surface area contributed by atoms with Gasteiger partial charge in [-0.2, -0.15) is 21.9 Å². The number of carbonyl (C=O) groups excluding carboxylic acids is 2. The lowest BCUT2D eigenvalue weighted by Crippen LogP contribution is -2.48. The van der Waals surface area contributed by atoms with Gasteiger partial charge in [-0.25, -0.2) is 0 Å². The van der Waals surface area contributed by atoms with Gasteiger partial charge in [-0.15, -0.1) is 5.11 Å². The standard InChI is InChI=1S/C38H43N7O16S2/c1-21-13-23(3-6-26(21)40-31(47)16-43(17-33(49)50)9-11-45(32(48)20-46)12-10-44(18-34(51)52)19-35(53)54)24-4-7-27(22(2)14-24)41-42-28-8-5-25-29(62(56,57)58)15-30(63(59,60)61)37(39)36(25)38(28)55/h3-8,13-15,20,32,48,55H,9-12,16-19,39H2,1-2H3,(H,40,47)(H,49,50)(H,51,52)(H,53,54)(H,56,57,58)(H,59,60,61). The molecule has 0 aliphatic rings. The second-order valence-electron chi connectivity index (χ2n) is 14.1. The zero-order valence-corrected chi connectivity index (χ0v) is 35.1. The Hall–Kier alpha value is -6.45. The minimum absolute atomic E-state index is 0.136. The molecule has 0 heterocycles. The first-order chi connectivity index (χ1) is 29.4. The highest BCUT2D eigenvalue weighted by Crippen LogP contribution is 2.44. The van der Waals surface area contributed by atoms with Crippen molar-refractivity contribution in [3.63, 3.8) is 0 Å². The van der Waals surface area contributed by atoms with Gasteiger partial charge in [-0.1, -0.05) is 18.2 Å². The second kappa shape index (κ2) is 20.6. The minimum Gasteiger partial charge on any atom is -0.505 e. The van der Waals surface area contributed by atoms with Crippen LogP contribution in [-0.2, 0) is 44.2 Å². The lowest BCUT2D eigenvalue weighted by atomic mass is 10.00. The average molecular weight is 918 g/mol. The molecule has 1 amide bonds. The first kappa shape index (κ1) is 49.2. The second-order valence-corrected chi connectivity index (χ2v) is 16.8. The molecule has 63 heavy (non-hydrogen) atoms. The number of rotatable bonds is 22. The first-order valence-corrected chi connectivity index (χ1v) is 21.2. The number of nitrogens with two attached hydrogens (primary N) is 1. The number of hydrogen-bond donors (Lipinski definition) is 9. The van der Waals surface area contributed by atoms with Crippen molar-refractivity contribution in [3.05, 3.63) is 65.7 Å². The number of hydrogen-bond acceptors (Lipinski definition) is 17. The number of carbonyl (C=O) groups is 5. The van der Waals surface area contributed by atoms with Gasteiger partial charge < -0.3 is 36.6 Å². The molecule has 0 aromatic heterocycles. The number of fused-ring (bicyclic) bond motifs is 1. The Kier molecular flexibility index (Phi) is 16.1. The lowest BCUT2D eigenvalue weighted by Gasteiger charge is -2.29. The van der Waals surface area contributed by atoms with E-state index in [0.717, 1.165) is 22.6 Å². The minimum atomic E-state index is -5.10. The summed E-state index contributed by atoms with van der Waals surface area (Å²) >= 11 is 0. The predicted octanol–water partition coefficient (Wildman–Crippen LogP) is 1.94. The first-order valence-electron chi connectivity index (χ1n) is 18.3. The van der Waals surface area contributed by atoms with Crippen molar-refractivity contribution >= 4 is 83.9 Å². The molecule has 0 spiro atoms. The maximum absolute atomic E-state index is 13.1. The van der Waals surface area contributed by atoms with Crippen LogP contribution in [0.25, 0.3) is 21.9 Å². The Bertz CT molecular complexity index is 2680. The number of aliphatic hydroxyl groups excluding tert-OH is 1. The normalized spacial score (nSPS) is 12.6. The summed E-state index contributed by atoms with van der Waals surface area (Å²) in [4.78, 5) is 60.0. The van der Waals surface area contributed by atoms with Crippen LogP contribution in [0.2, 0.25) is 0 Å². The third-order valence-corrected chi connectivity index (χ3v) is 11.2. The van der Waals surface area contributed by atoms with Crippen molar-refractivity contribution in [2.75, 3.05) is 63.4 Å². The van der Waals surface area contributed by atoms with Crippen molar-refractivity contribution in [1.82, 2.24) is 14.7 Å². The van der Waals surface area contributed by atoms with Gasteiger partial charge in [0.1, 0.15) is 15.5 Å². The SMILES string of the molecule is Cc1cc(-c2ccc(NC(=O)CN(CCN(CCN(CC(=O)O)CC(=O)O)C(O)C=O)CC(=O)O)c(C)c2)ccc1N=Nc1ccc2c(S(=O)(=O)O)cc(S(=O)(=O)O)c(N)c2c1O. The number of aryl methyl sites for hydroxylation is 2. The molecule has 4 aromatic rings. The summed E-state index contributed by atoms with van der Waals surface area (Å²) in [5, 5.41) is 58.9. The number of azo groups is 1. The molecule has 0 fully saturated rings. The Labute approximate surface area is 359 Å². The molecule has 4 aromatic carbocycles. The van der Waals surface area contributed by atoms with Crippen molar-refractivity contribution < 1.29 is 75.4 Å². The van der Waals surface area contributed by atoms with Crippen LogP contribution in [-0.4, -0.2) is 155 Å². The molecule has 25 heteroatoms. The molecule has 0 bridgehead atoms. The van der Waals surface area contributed by atoms with E-state index in [0.29, 0.717) is 34.1 Å². The lowest BCUT2D eigenvalue weighted by molar-refractivity contribution is -0.142. The van der Waals surface area contributed by atoms with Gasteiger partial charge in [0.05, 0.1) is 42.9 Å². The summed E-state index contributed by atoms with van der Waals surface area (Å²) < 4.78 is 67.2. The van der Waals surface area contributed by atoms with Crippen LogP contribution < -0.4 is 11.1 Å². The molecular formula is C38H43N7O16S2. The van der Waals surface area contributed by atoms with Crippen LogP contribution in [0.3, 0.4) is 0 Å². The van der Waals surface area contributed by atoms with Crippen molar-refractivity contribution in [2.45, 2.75) is 29.9 Å². The highest BCUT2D eigenvalue weighted by molar-refractivity contribution is 7.87. The van der Waals surface area contributed by atoms with Crippen LogP contribution in [0.5, 0.6) is 5.75 Å². The van der Waals surface area contributed by atoms with Gasteiger partial charge in [-0.3, -0.25) is 47.8 Å². The number of aliphatic carboxylic acids is 3. The molecule has 1 unspecified atom stereocenters. The fourth-order valence-corrected chi connectivity index (χ4v) is 7.83. The van der Waals surface area contributed by atoms with Gasteiger partial charge in [0.15, 0.2) is 18.3 Å². The van der Waals surface area contributed by atoms with E-state index >= 15 is 0 Å². The fourth-order valence-electron chi connectivity index (χ4n) is 6.40. The maximum atomic E-state index is 13.1. The number of nitrogens with zero attached hydrogens (tertiary/aromatic N) is 5. The monoisotopic (exact) mass is 917 g/mol. The molecule has 0 saturated carbocycles. The van der Waals surface area contributed by atoms with E-state index in [1.807, 2.05) is 0 Å². The number of aromatic hydroxyl groups is 1. The number of nitrogen functional groups attached to an aromatic ring is 1. The van der Waals surface area contributed by atoms with E-state index in [1.54, 1.807) is 50.2 Å². The average Bonchev–Trinajstić information content (AvgIpc) is 3.16. The van der Waals surface area contributed by atoms with E-state index in [4.69, 9.17) is 15.9 Å². The van der Waals surface area contributed by atoms with Gasteiger partial charge in [0.25, 0.3) is 20.2 Å². The van der Waals surface area contributed by atoms with Gasteiger partial charge in [0.2, 0.25) is 5.91 Å². The number of anilines is 2. The van der Waals surface area contributed by atoms with E-state index in [2.05, 4.69) is 15.5 Å². The number of aliphatic hydroxyl groups is 1. The quantitative estimate of drug-likeness (QED) is 0.0179. The molecule has 338 valence electrons. The molecule has 0 aliphatic heterocycles. The molecule has 23 nitrogen and oxygen atoms in total. The Morgan fingerprint density at radius 2 is 1.21 bits per heavy atom. The number of aldehydes is 1. The van der Waals surface area contributed by atoms with E-state index in [1.165, 1.54) is 9.80 Å². The van der Waals surface area contributed by atoms with Crippen LogP contribution in [0, 0.1) is 13.8 Å². The van der Waals surface area contributed by atoms with Gasteiger partial charge >= 0.3 is 17.9 Å².